The molecule has 0 aliphatic carbocycles. The summed E-state index contributed by atoms with van der Waals surface area (Å²) in [4.78, 5) is 26.5. The number of carbonyl (C=O) groups excluding carboxylic acids is 2. The molecule has 0 radical (unpaired) electrons. The number of halogens is 3. The van der Waals surface area contributed by atoms with Gasteiger partial charge in [0, 0.05) is 0 Å². The van der Waals surface area contributed by atoms with Crippen molar-refractivity contribution in [1.82, 2.24) is 10.2 Å². The standard InChI is InChI=1S/C25H19FI2N2O3/c1-15-3-2-4-17(9-15)13-30-24(31)22(29-25(30)32)12-18-10-20(27)23(21(28)11-18)33-14-16-5-7-19(26)8-6-16/h2-12H,13-14H2,1H3,(H,29,32)/b22-12+. The number of amides is 3. The van der Waals surface area contributed by atoms with Crippen LogP contribution < -0.4 is 10.1 Å². The number of carbonyl (C=O) groups is 2. The molecule has 1 aliphatic rings. The van der Waals surface area contributed by atoms with Gasteiger partial charge in [-0.1, -0.05) is 42.0 Å². The van der Waals surface area contributed by atoms with E-state index in [1.165, 1.54) is 17.0 Å². The monoisotopic (exact) mass is 668 g/mol. The van der Waals surface area contributed by atoms with Gasteiger partial charge < -0.3 is 10.1 Å². The topological polar surface area (TPSA) is 58.6 Å². The Bertz CT molecular complexity index is 1240. The zero-order chi connectivity index (χ0) is 23.5. The summed E-state index contributed by atoms with van der Waals surface area (Å²) >= 11 is 4.35. The number of benzene rings is 3. The summed E-state index contributed by atoms with van der Waals surface area (Å²) in [6.07, 6.45) is 1.67. The van der Waals surface area contributed by atoms with Crippen molar-refractivity contribution >= 4 is 63.2 Å². The molecule has 0 atom stereocenters. The SMILES string of the molecule is Cc1cccc(CN2C(=O)N/C(=C/c3cc(I)c(OCc4ccc(F)cc4)c(I)c3)C2=O)c1. The molecule has 1 fully saturated rings. The molecule has 0 unspecified atom stereocenters. The van der Waals surface area contributed by atoms with Gasteiger partial charge in [0.25, 0.3) is 5.91 Å². The highest BCUT2D eigenvalue weighted by Crippen LogP contribution is 2.31. The number of hydrogen-bond donors (Lipinski definition) is 1. The second kappa shape index (κ2) is 10.2. The Morgan fingerprint density at radius 3 is 2.36 bits per heavy atom. The summed E-state index contributed by atoms with van der Waals surface area (Å²) in [5.74, 6) is 0.0694. The Morgan fingerprint density at radius 1 is 1.00 bits per heavy atom. The Hall–Kier alpha value is -2.47. The first-order chi connectivity index (χ1) is 15.8. The number of nitrogens with one attached hydrogen (secondary N) is 1. The zero-order valence-corrected chi connectivity index (χ0v) is 21.9. The fraction of sp³-hybridized carbons (Fsp3) is 0.120. The fourth-order valence-corrected chi connectivity index (χ4v) is 5.54. The smallest absolute Gasteiger partial charge is 0.329 e. The zero-order valence-electron chi connectivity index (χ0n) is 17.6. The summed E-state index contributed by atoms with van der Waals surface area (Å²) in [6, 6.07) is 17.2. The van der Waals surface area contributed by atoms with Crippen LogP contribution in [0.3, 0.4) is 0 Å². The maximum absolute atomic E-state index is 13.1. The van der Waals surface area contributed by atoms with Gasteiger partial charge in [0.05, 0.1) is 13.7 Å². The summed E-state index contributed by atoms with van der Waals surface area (Å²) in [5, 5.41) is 2.67. The van der Waals surface area contributed by atoms with E-state index < -0.39 is 6.03 Å². The van der Waals surface area contributed by atoms with Crippen LogP contribution in [-0.4, -0.2) is 16.8 Å². The van der Waals surface area contributed by atoms with Crippen molar-refractivity contribution in [3.8, 4) is 5.75 Å². The third-order valence-corrected chi connectivity index (χ3v) is 6.62. The van der Waals surface area contributed by atoms with Crippen LogP contribution in [0.4, 0.5) is 9.18 Å². The minimum absolute atomic E-state index is 0.217. The highest BCUT2D eigenvalue weighted by atomic mass is 127. The minimum Gasteiger partial charge on any atom is -0.487 e. The average Bonchev–Trinajstić information content (AvgIpc) is 3.02. The van der Waals surface area contributed by atoms with E-state index in [1.54, 1.807) is 18.2 Å². The Labute approximate surface area is 218 Å². The van der Waals surface area contributed by atoms with E-state index >= 15 is 0 Å². The molecule has 0 saturated carbocycles. The van der Waals surface area contributed by atoms with Gasteiger partial charge in [-0.05, 0) is 99.1 Å². The van der Waals surface area contributed by atoms with Gasteiger partial charge in [-0.15, -0.1) is 0 Å². The van der Waals surface area contributed by atoms with Crippen molar-refractivity contribution in [3.63, 3.8) is 0 Å². The second-order valence-electron chi connectivity index (χ2n) is 7.60. The molecule has 3 aromatic rings. The van der Waals surface area contributed by atoms with Crippen molar-refractivity contribution in [2.24, 2.45) is 0 Å². The number of rotatable bonds is 6. The number of aryl methyl sites for hydroxylation is 1. The molecule has 0 aromatic heterocycles. The number of ether oxygens (including phenoxy) is 1. The number of imide groups is 1. The third-order valence-electron chi connectivity index (χ3n) is 5.01. The fourth-order valence-electron chi connectivity index (χ4n) is 3.41. The van der Waals surface area contributed by atoms with E-state index in [9.17, 15) is 14.0 Å². The van der Waals surface area contributed by atoms with Gasteiger partial charge in [0.2, 0.25) is 0 Å². The van der Waals surface area contributed by atoms with E-state index in [0.29, 0.717) is 12.4 Å². The van der Waals surface area contributed by atoms with E-state index in [4.69, 9.17) is 4.74 Å². The van der Waals surface area contributed by atoms with Crippen molar-refractivity contribution in [3.05, 3.63) is 102 Å². The average molecular weight is 668 g/mol. The lowest BCUT2D eigenvalue weighted by atomic mass is 10.1. The van der Waals surface area contributed by atoms with Crippen molar-refractivity contribution in [2.75, 3.05) is 0 Å². The first-order valence-corrected chi connectivity index (χ1v) is 12.2. The molecule has 8 heteroatoms. The van der Waals surface area contributed by atoms with Crippen LogP contribution in [-0.2, 0) is 17.9 Å². The predicted molar refractivity (Wildman–Crippen MR) is 141 cm³/mol. The largest absolute Gasteiger partial charge is 0.487 e. The molecule has 168 valence electrons. The normalized spacial score (nSPS) is 14.7. The van der Waals surface area contributed by atoms with Crippen molar-refractivity contribution in [1.29, 1.82) is 0 Å². The van der Waals surface area contributed by atoms with Crippen LogP contribution in [0.2, 0.25) is 0 Å². The van der Waals surface area contributed by atoms with E-state index in [0.717, 1.165) is 29.4 Å². The lowest BCUT2D eigenvalue weighted by Crippen LogP contribution is -2.30. The molecule has 0 bridgehead atoms. The maximum Gasteiger partial charge on any atom is 0.329 e. The minimum atomic E-state index is -0.434. The van der Waals surface area contributed by atoms with Gasteiger partial charge in [-0.3, -0.25) is 9.69 Å². The van der Waals surface area contributed by atoms with Crippen LogP contribution in [0.15, 0.2) is 66.4 Å². The van der Waals surface area contributed by atoms with Gasteiger partial charge >= 0.3 is 6.03 Å². The van der Waals surface area contributed by atoms with Gasteiger partial charge in [-0.25, -0.2) is 9.18 Å². The molecule has 3 amide bonds. The first kappa shape index (κ1) is 23.7. The molecule has 1 heterocycles. The van der Waals surface area contributed by atoms with E-state index in [-0.39, 0.29) is 24.0 Å². The van der Waals surface area contributed by atoms with Gasteiger partial charge in [0.15, 0.2) is 0 Å². The van der Waals surface area contributed by atoms with Crippen LogP contribution >= 0.6 is 45.2 Å². The van der Waals surface area contributed by atoms with Gasteiger partial charge in [0.1, 0.15) is 23.9 Å². The molecular weight excluding hydrogens is 649 g/mol. The number of urea groups is 1. The Balaban J connectivity index is 1.49. The second-order valence-corrected chi connectivity index (χ2v) is 9.92. The Morgan fingerprint density at radius 2 is 1.70 bits per heavy atom. The Kier molecular flexibility index (Phi) is 7.32. The summed E-state index contributed by atoms with van der Waals surface area (Å²) in [5.41, 5.74) is 3.84. The van der Waals surface area contributed by atoms with Crippen LogP contribution in [0.25, 0.3) is 6.08 Å². The molecule has 0 spiro atoms. The van der Waals surface area contributed by atoms with Crippen LogP contribution in [0.1, 0.15) is 22.3 Å². The molecular formula is C25H19FI2N2O3. The molecule has 1 saturated heterocycles. The van der Waals surface area contributed by atoms with E-state index in [1.807, 2.05) is 43.3 Å². The molecule has 1 N–H and O–H groups in total. The number of nitrogens with zero attached hydrogens (tertiary/aromatic N) is 1. The highest BCUT2D eigenvalue weighted by molar-refractivity contribution is 14.1. The van der Waals surface area contributed by atoms with Crippen molar-refractivity contribution in [2.45, 2.75) is 20.1 Å². The maximum atomic E-state index is 13.1. The van der Waals surface area contributed by atoms with Crippen LogP contribution in [0, 0.1) is 19.9 Å². The summed E-state index contributed by atoms with van der Waals surface area (Å²) < 4.78 is 20.8. The van der Waals surface area contributed by atoms with Gasteiger partial charge in [-0.2, -0.15) is 0 Å². The predicted octanol–water partition coefficient (Wildman–Crippen LogP) is 6.02. The molecule has 33 heavy (non-hydrogen) atoms. The van der Waals surface area contributed by atoms with E-state index in [2.05, 4.69) is 50.5 Å². The lowest BCUT2D eigenvalue weighted by Gasteiger charge is -2.12. The van der Waals surface area contributed by atoms with Crippen molar-refractivity contribution < 1.29 is 18.7 Å². The summed E-state index contributed by atoms with van der Waals surface area (Å²) in [7, 11) is 0. The molecule has 3 aromatic carbocycles. The van der Waals surface area contributed by atoms with Crippen LogP contribution in [0.5, 0.6) is 5.75 Å². The third kappa shape index (κ3) is 5.72. The molecule has 4 rings (SSSR count). The quantitative estimate of drug-likeness (QED) is 0.199. The lowest BCUT2D eigenvalue weighted by molar-refractivity contribution is -0.123. The highest BCUT2D eigenvalue weighted by Gasteiger charge is 2.33. The first-order valence-electron chi connectivity index (χ1n) is 10.1. The molecule has 5 nitrogen and oxygen atoms in total. The summed E-state index contributed by atoms with van der Waals surface area (Å²) in [6.45, 7) is 2.50. The number of hydrogen-bond acceptors (Lipinski definition) is 3. The molecule has 1 aliphatic heterocycles.